The average Bonchev–Trinajstić information content (AvgIpc) is 2.32. The van der Waals surface area contributed by atoms with Gasteiger partial charge in [0.25, 0.3) is 0 Å². The minimum absolute atomic E-state index is 0.172. The normalized spacial score (nSPS) is 22.7. The summed E-state index contributed by atoms with van der Waals surface area (Å²) < 4.78 is 13.4. The lowest BCUT2D eigenvalue weighted by Crippen LogP contribution is -2.52. The third-order valence-corrected chi connectivity index (χ3v) is 2.91. The summed E-state index contributed by atoms with van der Waals surface area (Å²) in [5.41, 5.74) is 0. The molecule has 18 heavy (non-hydrogen) atoms. The summed E-state index contributed by atoms with van der Waals surface area (Å²) in [4.78, 5) is 5.53. The number of piperazine rings is 1. The van der Waals surface area contributed by atoms with Gasteiger partial charge in [-0.1, -0.05) is 12.1 Å². The molecule has 1 aromatic rings. The molecule has 0 spiro atoms. The van der Waals surface area contributed by atoms with Crippen molar-refractivity contribution in [3.8, 4) is 5.75 Å². The van der Waals surface area contributed by atoms with Crippen LogP contribution < -0.4 is 10.2 Å². The number of nitrogens with zero attached hydrogens (tertiary/aromatic N) is 1. The van der Waals surface area contributed by atoms with Crippen LogP contribution in [0.25, 0.3) is 0 Å². The van der Waals surface area contributed by atoms with Crippen LogP contribution in [0.1, 0.15) is 13.3 Å². The zero-order chi connectivity index (χ0) is 13.0. The number of benzene rings is 1. The number of halogens is 1. The van der Waals surface area contributed by atoms with Crippen LogP contribution in [-0.2, 0) is 0 Å². The van der Waals surface area contributed by atoms with E-state index in [1.165, 1.54) is 6.07 Å². The summed E-state index contributed by atoms with van der Waals surface area (Å²) in [6.07, 6.45) is 0.313. The first-order valence-corrected chi connectivity index (χ1v) is 6.24. The Bertz CT molecular complexity index is 387. The van der Waals surface area contributed by atoms with Crippen molar-refractivity contribution in [2.24, 2.45) is 0 Å². The van der Waals surface area contributed by atoms with E-state index in [9.17, 15) is 9.50 Å². The van der Waals surface area contributed by atoms with Gasteiger partial charge in [0.05, 0.1) is 12.6 Å². The second-order valence-corrected chi connectivity index (χ2v) is 4.65. The Balaban J connectivity index is 1.91. The van der Waals surface area contributed by atoms with Crippen LogP contribution in [0.15, 0.2) is 24.3 Å². The second-order valence-electron chi connectivity index (χ2n) is 4.65. The van der Waals surface area contributed by atoms with Gasteiger partial charge in [-0.05, 0) is 25.5 Å². The standard InChI is InChI=1S/C13H19FN2O2/c1-10(17)8-11-9-16(7-6-15-11)18-13-5-3-2-4-12(13)14/h2-5,10-11,15,17H,6-9H2,1H3/t10-,11?/m1/s1. The van der Waals surface area contributed by atoms with Gasteiger partial charge in [0.15, 0.2) is 11.6 Å². The van der Waals surface area contributed by atoms with E-state index in [-0.39, 0.29) is 23.7 Å². The number of aliphatic hydroxyl groups is 1. The lowest BCUT2D eigenvalue weighted by atomic mass is 10.1. The van der Waals surface area contributed by atoms with E-state index in [1.807, 2.05) is 0 Å². The van der Waals surface area contributed by atoms with Gasteiger partial charge in [0.2, 0.25) is 0 Å². The Kier molecular flexibility index (Phi) is 4.52. The van der Waals surface area contributed by atoms with Crippen molar-refractivity contribution in [3.05, 3.63) is 30.1 Å². The first kappa shape index (κ1) is 13.3. The van der Waals surface area contributed by atoms with Gasteiger partial charge >= 0.3 is 0 Å². The molecular weight excluding hydrogens is 235 g/mol. The van der Waals surface area contributed by atoms with Crippen molar-refractivity contribution in [3.63, 3.8) is 0 Å². The van der Waals surface area contributed by atoms with Gasteiger partial charge < -0.3 is 15.3 Å². The molecule has 0 radical (unpaired) electrons. The fourth-order valence-corrected chi connectivity index (χ4v) is 2.11. The van der Waals surface area contributed by atoms with E-state index >= 15 is 0 Å². The van der Waals surface area contributed by atoms with E-state index in [4.69, 9.17) is 4.84 Å². The first-order chi connectivity index (χ1) is 8.65. The van der Waals surface area contributed by atoms with Crippen molar-refractivity contribution < 1.29 is 14.3 Å². The maximum atomic E-state index is 13.4. The van der Waals surface area contributed by atoms with Crippen LogP contribution in [0.4, 0.5) is 4.39 Å². The summed E-state index contributed by atoms with van der Waals surface area (Å²) in [5.74, 6) is -0.113. The predicted molar refractivity (Wildman–Crippen MR) is 66.7 cm³/mol. The molecule has 2 N–H and O–H groups in total. The summed E-state index contributed by atoms with van der Waals surface area (Å²) in [5, 5.41) is 14.4. The summed E-state index contributed by atoms with van der Waals surface area (Å²) in [7, 11) is 0. The molecule has 2 atom stereocenters. The molecule has 0 aromatic heterocycles. The molecule has 1 unspecified atom stereocenters. The fourth-order valence-electron chi connectivity index (χ4n) is 2.11. The third-order valence-electron chi connectivity index (χ3n) is 2.91. The number of hydrogen-bond acceptors (Lipinski definition) is 4. The monoisotopic (exact) mass is 254 g/mol. The van der Waals surface area contributed by atoms with Crippen LogP contribution in [0.5, 0.6) is 5.75 Å². The van der Waals surface area contributed by atoms with Crippen LogP contribution in [0.3, 0.4) is 0 Å². The quantitative estimate of drug-likeness (QED) is 0.846. The predicted octanol–water partition coefficient (Wildman–Crippen LogP) is 1.16. The highest BCUT2D eigenvalue weighted by atomic mass is 19.1. The number of rotatable bonds is 4. The third kappa shape index (κ3) is 3.66. The van der Waals surface area contributed by atoms with E-state index in [1.54, 1.807) is 30.2 Å². The molecule has 4 nitrogen and oxygen atoms in total. The van der Waals surface area contributed by atoms with Gasteiger partial charge in [-0.15, -0.1) is 5.06 Å². The van der Waals surface area contributed by atoms with E-state index in [2.05, 4.69) is 5.32 Å². The smallest absolute Gasteiger partial charge is 0.183 e. The minimum Gasteiger partial charge on any atom is -0.403 e. The number of hydroxylamine groups is 2. The summed E-state index contributed by atoms with van der Waals surface area (Å²) >= 11 is 0. The lowest BCUT2D eigenvalue weighted by molar-refractivity contribution is -0.0836. The van der Waals surface area contributed by atoms with Gasteiger partial charge in [0, 0.05) is 19.1 Å². The van der Waals surface area contributed by atoms with Crippen molar-refractivity contribution >= 4 is 0 Å². The number of nitrogens with one attached hydrogen (secondary N) is 1. The Morgan fingerprint density at radius 2 is 2.33 bits per heavy atom. The van der Waals surface area contributed by atoms with Gasteiger partial charge in [-0.25, -0.2) is 4.39 Å². The highest BCUT2D eigenvalue weighted by Crippen LogP contribution is 2.17. The SMILES string of the molecule is C[C@@H](O)CC1CN(Oc2ccccc2F)CCN1. The zero-order valence-electron chi connectivity index (χ0n) is 10.5. The molecule has 0 saturated carbocycles. The zero-order valence-corrected chi connectivity index (χ0v) is 10.5. The molecule has 1 fully saturated rings. The number of para-hydroxylation sites is 1. The Labute approximate surface area is 106 Å². The molecule has 0 bridgehead atoms. The van der Waals surface area contributed by atoms with Crippen LogP contribution >= 0.6 is 0 Å². The van der Waals surface area contributed by atoms with E-state index in [0.29, 0.717) is 19.5 Å². The average molecular weight is 254 g/mol. The summed E-state index contributed by atoms with van der Waals surface area (Å²) in [6, 6.07) is 6.54. The largest absolute Gasteiger partial charge is 0.403 e. The second kappa shape index (κ2) is 6.13. The highest BCUT2D eigenvalue weighted by molar-refractivity contribution is 5.23. The van der Waals surface area contributed by atoms with Crippen LogP contribution in [0, 0.1) is 5.82 Å². The van der Waals surface area contributed by atoms with Gasteiger partial charge in [-0.3, -0.25) is 0 Å². The molecule has 1 heterocycles. The van der Waals surface area contributed by atoms with Gasteiger partial charge in [-0.2, -0.15) is 0 Å². The van der Waals surface area contributed by atoms with Crippen molar-refractivity contribution in [2.75, 3.05) is 19.6 Å². The van der Waals surface area contributed by atoms with Crippen LogP contribution in [-0.4, -0.2) is 41.9 Å². The van der Waals surface area contributed by atoms with E-state index in [0.717, 1.165) is 6.54 Å². The minimum atomic E-state index is -0.358. The maximum absolute atomic E-state index is 13.4. The van der Waals surface area contributed by atoms with Crippen LogP contribution in [0.2, 0.25) is 0 Å². The molecule has 0 aliphatic carbocycles. The molecule has 0 amide bonds. The van der Waals surface area contributed by atoms with E-state index < -0.39 is 0 Å². The van der Waals surface area contributed by atoms with Crippen molar-refractivity contribution in [1.82, 2.24) is 10.4 Å². The van der Waals surface area contributed by atoms with Crippen molar-refractivity contribution in [1.29, 1.82) is 0 Å². The topological polar surface area (TPSA) is 44.7 Å². The molecule has 2 rings (SSSR count). The molecule has 1 aliphatic rings. The molecule has 5 heteroatoms. The Morgan fingerprint density at radius 3 is 3.06 bits per heavy atom. The molecule has 100 valence electrons. The number of hydrogen-bond donors (Lipinski definition) is 2. The highest BCUT2D eigenvalue weighted by Gasteiger charge is 2.22. The fraction of sp³-hybridized carbons (Fsp3) is 0.538. The first-order valence-electron chi connectivity index (χ1n) is 6.24. The molecule has 1 aromatic carbocycles. The Hall–Kier alpha value is -1.17. The molecular formula is C13H19FN2O2. The summed E-state index contributed by atoms with van der Waals surface area (Å²) in [6.45, 7) is 3.87. The maximum Gasteiger partial charge on any atom is 0.183 e. The molecule has 1 aliphatic heterocycles. The lowest BCUT2D eigenvalue weighted by Gasteiger charge is -2.33. The Morgan fingerprint density at radius 1 is 1.56 bits per heavy atom. The number of aliphatic hydroxyl groups excluding tert-OH is 1. The molecule has 1 saturated heterocycles. The van der Waals surface area contributed by atoms with Gasteiger partial charge in [0.1, 0.15) is 0 Å². The van der Waals surface area contributed by atoms with Crippen molar-refractivity contribution in [2.45, 2.75) is 25.5 Å².